The number of piperazine rings is 1. The number of carbonyl (C=O) groups is 3. The molecule has 0 bridgehead atoms. The van der Waals surface area contributed by atoms with Gasteiger partial charge in [0, 0.05) is 38.0 Å². The smallest absolute Gasteiger partial charge is 0.475 e. The summed E-state index contributed by atoms with van der Waals surface area (Å²) >= 11 is 0. The van der Waals surface area contributed by atoms with Gasteiger partial charge in [0.25, 0.3) is 5.91 Å². The van der Waals surface area contributed by atoms with Crippen molar-refractivity contribution in [3.63, 3.8) is 0 Å². The quantitative estimate of drug-likeness (QED) is 0.514. The number of hydrogen-bond donors (Lipinski definition) is 1. The second kappa shape index (κ2) is 11.8. The number of alkyl halides is 3. The molecule has 13 heteroatoms. The van der Waals surface area contributed by atoms with Crippen LogP contribution in [0.2, 0.25) is 0 Å². The molecule has 1 fully saturated rings. The van der Waals surface area contributed by atoms with Gasteiger partial charge in [-0.15, -0.1) is 0 Å². The number of aromatic nitrogens is 2. The van der Waals surface area contributed by atoms with Crippen LogP contribution in [0, 0.1) is 5.82 Å². The molecule has 1 saturated heterocycles. The Hall–Kier alpha value is -4.29. The molecule has 4 rings (SSSR count). The van der Waals surface area contributed by atoms with Crippen molar-refractivity contribution in [3.8, 4) is 0 Å². The van der Waals surface area contributed by atoms with Crippen LogP contribution in [0.15, 0.2) is 53.5 Å². The third-order valence-electron chi connectivity index (χ3n) is 5.82. The largest absolute Gasteiger partial charge is 0.490 e. The number of para-hydroxylation sites is 1. The number of carboxylic acids is 1. The summed E-state index contributed by atoms with van der Waals surface area (Å²) in [5.74, 6) is -3.67. The number of halogens is 4. The van der Waals surface area contributed by atoms with Crippen molar-refractivity contribution in [1.82, 2.24) is 19.6 Å². The summed E-state index contributed by atoms with van der Waals surface area (Å²) in [4.78, 5) is 49.0. The van der Waals surface area contributed by atoms with Crippen LogP contribution in [0.1, 0.15) is 29.3 Å². The zero-order chi connectivity index (χ0) is 28.0. The summed E-state index contributed by atoms with van der Waals surface area (Å²) < 4.78 is 47.9. The lowest BCUT2D eigenvalue weighted by Crippen LogP contribution is -2.50. The fraction of sp³-hybridized carbons (Fsp3) is 0.320. The van der Waals surface area contributed by atoms with E-state index >= 15 is 0 Å². The van der Waals surface area contributed by atoms with Gasteiger partial charge in [-0.3, -0.25) is 19.1 Å². The maximum atomic E-state index is 14.5. The van der Waals surface area contributed by atoms with Crippen LogP contribution in [-0.2, 0) is 16.1 Å². The summed E-state index contributed by atoms with van der Waals surface area (Å²) in [6, 6.07) is 11.6. The highest BCUT2D eigenvalue weighted by atomic mass is 19.4. The molecule has 1 aliphatic rings. The highest BCUT2D eigenvalue weighted by Crippen LogP contribution is 2.17. The Balaban J connectivity index is 0.000000505. The van der Waals surface area contributed by atoms with Crippen molar-refractivity contribution in [2.45, 2.75) is 26.1 Å². The molecule has 2 heterocycles. The summed E-state index contributed by atoms with van der Waals surface area (Å²) in [5, 5.41) is 11.9. The van der Waals surface area contributed by atoms with Gasteiger partial charge >= 0.3 is 12.1 Å². The van der Waals surface area contributed by atoms with E-state index < -0.39 is 18.0 Å². The average molecular weight is 536 g/mol. The Labute approximate surface area is 213 Å². The molecule has 2 aromatic carbocycles. The molecule has 0 radical (unpaired) electrons. The summed E-state index contributed by atoms with van der Waals surface area (Å²) in [7, 11) is 0. The van der Waals surface area contributed by atoms with Crippen molar-refractivity contribution < 1.29 is 37.1 Å². The van der Waals surface area contributed by atoms with Gasteiger partial charge in [0.2, 0.25) is 11.3 Å². The minimum absolute atomic E-state index is 0.00174. The van der Waals surface area contributed by atoms with E-state index in [0.717, 1.165) is 0 Å². The first-order valence-corrected chi connectivity index (χ1v) is 11.5. The first-order valence-electron chi connectivity index (χ1n) is 11.5. The van der Waals surface area contributed by atoms with Crippen LogP contribution in [0.5, 0.6) is 0 Å². The molecule has 0 spiro atoms. The van der Waals surface area contributed by atoms with Crippen LogP contribution < -0.4 is 5.43 Å². The zero-order valence-corrected chi connectivity index (χ0v) is 20.2. The number of rotatable bonds is 4. The third-order valence-corrected chi connectivity index (χ3v) is 5.82. The summed E-state index contributed by atoms with van der Waals surface area (Å²) in [6.45, 7) is 3.75. The van der Waals surface area contributed by atoms with Gasteiger partial charge in [0.05, 0.1) is 23.8 Å². The van der Waals surface area contributed by atoms with E-state index in [1.165, 1.54) is 18.3 Å². The first-order chi connectivity index (χ1) is 17.9. The molecular formula is C25H24F4N4O5. The number of fused-ring (bicyclic) bond motifs is 1. The van der Waals surface area contributed by atoms with Gasteiger partial charge < -0.3 is 14.9 Å². The van der Waals surface area contributed by atoms with Crippen LogP contribution in [0.3, 0.4) is 0 Å². The number of carboxylic acid groups (broad SMARTS) is 1. The van der Waals surface area contributed by atoms with E-state index in [0.29, 0.717) is 55.6 Å². The molecule has 9 nitrogen and oxygen atoms in total. The van der Waals surface area contributed by atoms with Gasteiger partial charge in [-0.25, -0.2) is 9.18 Å². The topological polar surface area (TPSA) is 113 Å². The number of nitrogens with zero attached hydrogens (tertiary/aromatic N) is 4. The predicted molar refractivity (Wildman–Crippen MR) is 128 cm³/mol. The SMILES string of the molecule is CCC(=O)N1CCN(C(=O)c2cc(Cn3ncc(=O)c4ccccc43)ccc2F)CC1.O=C(O)C(F)(F)F. The molecule has 1 N–H and O–H groups in total. The first kappa shape index (κ1) is 28.3. The minimum Gasteiger partial charge on any atom is -0.475 e. The van der Waals surface area contributed by atoms with Gasteiger partial charge in [0.15, 0.2) is 0 Å². The van der Waals surface area contributed by atoms with E-state index in [2.05, 4.69) is 5.10 Å². The molecule has 0 aliphatic carbocycles. The summed E-state index contributed by atoms with van der Waals surface area (Å²) in [5.41, 5.74) is 1.20. The number of carbonyl (C=O) groups excluding carboxylic acids is 2. The highest BCUT2D eigenvalue weighted by molar-refractivity contribution is 5.95. The van der Waals surface area contributed by atoms with E-state index in [1.54, 1.807) is 45.7 Å². The molecule has 1 aromatic heterocycles. The molecular weight excluding hydrogens is 512 g/mol. The summed E-state index contributed by atoms with van der Waals surface area (Å²) in [6.07, 6.45) is -3.40. The molecule has 202 valence electrons. The molecule has 38 heavy (non-hydrogen) atoms. The van der Waals surface area contributed by atoms with Gasteiger partial charge in [-0.05, 0) is 29.8 Å². The second-order valence-electron chi connectivity index (χ2n) is 8.33. The van der Waals surface area contributed by atoms with Crippen molar-refractivity contribution in [2.24, 2.45) is 0 Å². The fourth-order valence-corrected chi connectivity index (χ4v) is 3.85. The van der Waals surface area contributed by atoms with Gasteiger partial charge in [-0.2, -0.15) is 18.3 Å². The lowest BCUT2D eigenvalue weighted by molar-refractivity contribution is -0.192. The number of aliphatic carboxylic acids is 1. The Morgan fingerprint density at radius 3 is 2.21 bits per heavy atom. The highest BCUT2D eigenvalue weighted by Gasteiger charge is 2.38. The van der Waals surface area contributed by atoms with Crippen LogP contribution >= 0.6 is 0 Å². The maximum Gasteiger partial charge on any atom is 0.490 e. The van der Waals surface area contributed by atoms with Crippen molar-refractivity contribution in [1.29, 1.82) is 0 Å². The van der Waals surface area contributed by atoms with Crippen molar-refractivity contribution in [2.75, 3.05) is 26.2 Å². The van der Waals surface area contributed by atoms with E-state index in [-0.39, 0.29) is 22.8 Å². The Kier molecular flexibility index (Phi) is 8.81. The van der Waals surface area contributed by atoms with Crippen LogP contribution in [0.4, 0.5) is 17.6 Å². The molecule has 3 aromatic rings. The monoisotopic (exact) mass is 536 g/mol. The number of benzene rings is 2. The average Bonchev–Trinajstić information content (AvgIpc) is 2.90. The van der Waals surface area contributed by atoms with Crippen molar-refractivity contribution in [3.05, 3.63) is 75.8 Å². The Morgan fingerprint density at radius 1 is 1.00 bits per heavy atom. The van der Waals surface area contributed by atoms with Crippen LogP contribution in [-0.4, -0.2) is 74.8 Å². The van der Waals surface area contributed by atoms with E-state index in [1.807, 2.05) is 6.07 Å². The molecule has 0 saturated carbocycles. The van der Waals surface area contributed by atoms with Gasteiger partial charge in [-0.1, -0.05) is 25.1 Å². The maximum absolute atomic E-state index is 14.5. The Morgan fingerprint density at radius 2 is 1.61 bits per heavy atom. The normalized spacial score (nSPS) is 13.6. The van der Waals surface area contributed by atoms with Crippen LogP contribution in [0.25, 0.3) is 10.9 Å². The fourth-order valence-electron chi connectivity index (χ4n) is 3.85. The number of hydrogen-bond acceptors (Lipinski definition) is 5. The van der Waals surface area contributed by atoms with E-state index in [4.69, 9.17) is 9.90 Å². The molecule has 0 unspecified atom stereocenters. The number of amides is 2. The zero-order valence-electron chi connectivity index (χ0n) is 20.2. The lowest BCUT2D eigenvalue weighted by atomic mass is 10.1. The van der Waals surface area contributed by atoms with Crippen molar-refractivity contribution >= 4 is 28.7 Å². The third kappa shape index (κ3) is 6.72. The van der Waals surface area contributed by atoms with Gasteiger partial charge in [0.1, 0.15) is 5.82 Å². The predicted octanol–water partition coefficient (Wildman–Crippen LogP) is 2.91. The molecule has 0 atom stereocenters. The Bertz CT molecular complexity index is 1400. The second-order valence-corrected chi connectivity index (χ2v) is 8.33. The standard InChI is InChI=1S/C23H23FN4O3.C2HF3O2/c1-2-22(30)26-9-11-27(12-10-26)23(31)18-13-16(7-8-19(18)24)15-28-20-6-4-3-5-17(20)21(29)14-25-28;3-2(4,5)1(6)7/h3-8,13-14H,2,9-12,15H2,1H3;(H,6,7). The molecule has 2 amide bonds. The lowest BCUT2D eigenvalue weighted by Gasteiger charge is -2.34. The molecule has 1 aliphatic heterocycles. The van der Waals surface area contributed by atoms with E-state index in [9.17, 15) is 31.9 Å². The minimum atomic E-state index is -5.08.